The SMILES string of the molecule is NC[C@H]1C[C@H](c2cc3c(cc2Cl)OCO3)c2ccccc21. The molecule has 108 valence electrons. The first-order valence-corrected chi connectivity index (χ1v) is 7.53. The summed E-state index contributed by atoms with van der Waals surface area (Å²) in [5.74, 6) is 2.18. The summed E-state index contributed by atoms with van der Waals surface area (Å²) in [6.07, 6.45) is 0.995. The molecule has 0 fully saturated rings. The van der Waals surface area contributed by atoms with Crippen LogP contribution < -0.4 is 15.2 Å². The van der Waals surface area contributed by atoms with E-state index in [2.05, 4.69) is 24.3 Å². The number of benzene rings is 2. The fourth-order valence-corrected chi connectivity index (χ4v) is 3.74. The molecule has 2 aliphatic rings. The number of hydrogen-bond acceptors (Lipinski definition) is 3. The van der Waals surface area contributed by atoms with E-state index >= 15 is 0 Å². The van der Waals surface area contributed by atoms with Crippen LogP contribution in [-0.4, -0.2) is 13.3 Å². The molecule has 21 heavy (non-hydrogen) atoms. The Balaban J connectivity index is 1.81. The van der Waals surface area contributed by atoms with E-state index < -0.39 is 0 Å². The summed E-state index contributed by atoms with van der Waals surface area (Å²) >= 11 is 6.48. The minimum Gasteiger partial charge on any atom is -0.454 e. The molecule has 0 saturated heterocycles. The van der Waals surface area contributed by atoms with Crippen LogP contribution in [0, 0.1) is 0 Å². The van der Waals surface area contributed by atoms with Gasteiger partial charge in [-0.25, -0.2) is 0 Å². The van der Waals surface area contributed by atoms with E-state index in [1.807, 2.05) is 12.1 Å². The third-order valence-corrected chi connectivity index (χ3v) is 4.81. The van der Waals surface area contributed by atoms with Gasteiger partial charge in [0, 0.05) is 17.0 Å². The third kappa shape index (κ3) is 2.00. The standard InChI is InChI=1S/C17H16ClNO2/c18-15-7-17-16(20-9-21-17)6-14(15)13-5-10(8-19)11-3-1-2-4-12(11)13/h1-4,6-7,10,13H,5,8-9,19H2/t10-,13+/m1/s1. The first kappa shape index (κ1) is 13.0. The smallest absolute Gasteiger partial charge is 0.231 e. The molecular weight excluding hydrogens is 286 g/mol. The maximum Gasteiger partial charge on any atom is 0.231 e. The van der Waals surface area contributed by atoms with Gasteiger partial charge in [0.15, 0.2) is 11.5 Å². The molecule has 1 aliphatic heterocycles. The molecule has 0 bridgehead atoms. The highest BCUT2D eigenvalue weighted by molar-refractivity contribution is 6.31. The van der Waals surface area contributed by atoms with E-state index in [0.29, 0.717) is 12.5 Å². The van der Waals surface area contributed by atoms with Gasteiger partial charge in [-0.05, 0) is 41.6 Å². The van der Waals surface area contributed by atoms with Gasteiger partial charge in [0.25, 0.3) is 0 Å². The van der Waals surface area contributed by atoms with Crippen LogP contribution in [-0.2, 0) is 0 Å². The molecule has 0 radical (unpaired) electrons. The molecule has 2 aromatic rings. The van der Waals surface area contributed by atoms with Gasteiger partial charge in [-0.2, -0.15) is 0 Å². The Labute approximate surface area is 128 Å². The molecule has 1 aliphatic carbocycles. The second-order valence-corrected chi connectivity index (χ2v) is 5.98. The van der Waals surface area contributed by atoms with Gasteiger partial charge in [0.05, 0.1) is 0 Å². The summed E-state index contributed by atoms with van der Waals surface area (Å²) in [5, 5.41) is 0.733. The third-order valence-electron chi connectivity index (χ3n) is 4.48. The Hall–Kier alpha value is -1.71. The number of halogens is 1. The fourth-order valence-electron chi connectivity index (χ4n) is 3.46. The van der Waals surface area contributed by atoms with Gasteiger partial charge >= 0.3 is 0 Å². The lowest BCUT2D eigenvalue weighted by Gasteiger charge is -2.15. The number of hydrogen-bond donors (Lipinski definition) is 1. The van der Waals surface area contributed by atoms with Crippen LogP contribution in [0.3, 0.4) is 0 Å². The minimum absolute atomic E-state index is 0.266. The molecule has 2 aromatic carbocycles. The summed E-state index contributed by atoms with van der Waals surface area (Å²) in [5.41, 5.74) is 9.71. The summed E-state index contributed by atoms with van der Waals surface area (Å²) in [6, 6.07) is 12.4. The van der Waals surface area contributed by atoms with Crippen LogP contribution in [0.1, 0.15) is 34.9 Å². The van der Waals surface area contributed by atoms with Gasteiger partial charge in [-0.3, -0.25) is 0 Å². The summed E-state index contributed by atoms with van der Waals surface area (Å²) < 4.78 is 10.9. The average molecular weight is 302 g/mol. The quantitative estimate of drug-likeness (QED) is 0.921. The molecule has 4 rings (SSSR count). The monoisotopic (exact) mass is 301 g/mol. The van der Waals surface area contributed by atoms with E-state index in [1.165, 1.54) is 11.1 Å². The number of ether oxygens (including phenoxy) is 2. The van der Waals surface area contributed by atoms with Gasteiger partial charge < -0.3 is 15.2 Å². The first-order chi connectivity index (χ1) is 10.3. The largest absolute Gasteiger partial charge is 0.454 e. The van der Waals surface area contributed by atoms with E-state index in [-0.39, 0.29) is 12.7 Å². The molecule has 2 N–H and O–H groups in total. The Morgan fingerprint density at radius 3 is 2.52 bits per heavy atom. The van der Waals surface area contributed by atoms with Crippen molar-refractivity contribution in [2.45, 2.75) is 18.3 Å². The Morgan fingerprint density at radius 2 is 1.76 bits per heavy atom. The van der Waals surface area contributed by atoms with Crippen molar-refractivity contribution in [2.24, 2.45) is 5.73 Å². The maximum atomic E-state index is 6.48. The van der Waals surface area contributed by atoms with Crippen molar-refractivity contribution in [1.82, 2.24) is 0 Å². The van der Waals surface area contributed by atoms with Gasteiger partial charge in [0.1, 0.15) is 0 Å². The number of fused-ring (bicyclic) bond motifs is 2. The van der Waals surface area contributed by atoms with Crippen molar-refractivity contribution in [3.05, 3.63) is 58.1 Å². The Kier molecular flexibility index (Phi) is 3.05. The van der Waals surface area contributed by atoms with Crippen LogP contribution >= 0.6 is 11.6 Å². The van der Waals surface area contributed by atoms with Gasteiger partial charge in [-0.1, -0.05) is 35.9 Å². The lowest BCUT2D eigenvalue weighted by molar-refractivity contribution is 0.174. The molecule has 0 unspecified atom stereocenters. The van der Waals surface area contributed by atoms with Crippen LogP contribution in [0.4, 0.5) is 0 Å². The lowest BCUT2D eigenvalue weighted by Crippen LogP contribution is -2.09. The van der Waals surface area contributed by atoms with Crippen LogP contribution in [0.25, 0.3) is 0 Å². The highest BCUT2D eigenvalue weighted by Gasteiger charge is 2.33. The van der Waals surface area contributed by atoms with Crippen LogP contribution in [0.2, 0.25) is 5.02 Å². The highest BCUT2D eigenvalue weighted by atomic mass is 35.5. The van der Waals surface area contributed by atoms with Crippen molar-refractivity contribution < 1.29 is 9.47 Å². The van der Waals surface area contributed by atoms with Gasteiger partial charge in [-0.15, -0.1) is 0 Å². The Bertz CT molecular complexity index is 701. The fraction of sp³-hybridized carbons (Fsp3) is 0.294. The van der Waals surface area contributed by atoms with Crippen molar-refractivity contribution in [3.8, 4) is 11.5 Å². The van der Waals surface area contributed by atoms with E-state index in [4.69, 9.17) is 26.8 Å². The second kappa shape index (κ2) is 4.93. The topological polar surface area (TPSA) is 44.5 Å². The number of nitrogens with two attached hydrogens (primary N) is 1. The molecular formula is C17H16ClNO2. The molecule has 2 atom stereocenters. The lowest BCUT2D eigenvalue weighted by atomic mass is 9.92. The number of rotatable bonds is 2. The van der Waals surface area contributed by atoms with E-state index in [0.717, 1.165) is 28.5 Å². The van der Waals surface area contributed by atoms with Gasteiger partial charge in [0.2, 0.25) is 6.79 Å². The average Bonchev–Trinajstić information content (AvgIpc) is 3.09. The molecule has 3 nitrogen and oxygen atoms in total. The zero-order valence-electron chi connectivity index (χ0n) is 11.5. The molecule has 0 saturated carbocycles. The van der Waals surface area contributed by atoms with Crippen molar-refractivity contribution in [3.63, 3.8) is 0 Å². The summed E-state index contributed by atoms with van der Waals surface area (Å²) in [4.78, 5) is 0. The molecule has 0 amide bonds. The van der Waals surface area contributed by atoms with Crippen molar-refractivity contribution >= 4 is 11.6 Å². The van der Waals surface area contributed by atoms with E-state index in [1.54, 1.807) is 0 Å². The maximum absolute atomic E-state index is 6.48. The molecule has 0 spiro atoms. The predicted octanol–water partition coefficient (Wildman–Crippen LogP) is 3.65. The highest BCUT2D eigenvalue weighted by Crippen LogP contribution is 2.49. The van der Waals surface area contributed by atoms with Crippen molar-refractivity contribution in [1.29, 1.82) is 0 Å². The Morgan fingerprint density at radius 1 is 1.05 bits per heavy atom. The molecule has 0 aromatic heterocycles. The first-order valence-electron chi connectivity index (χ1n) is 7.16. The van der Waals surface area contributed by atoms with Crippen LogP contribution in [0.5, 0.6) is 11.5 Å². The summed E-state index contributed by atoms with van der Waals surface area (Å²) in [7, 11) is 0. The second-order valence-electron chi connectivity index (χ2n) is 5.58. The van der Waals surface area contributed by atoms with Crippen molar-refractivity contribution in [2.75, 3.05) is 13.3 Å². The minimum atomic E-state index is 0.266. The van der Waals surface area contributed by atoms with E-state index in [9.17, 15) is 0 Å². The molecule has 4 heteroatoms. The zero-order chi connectivity index (χ0) is 14.4. The summed E-state index contributed by atoms with van der Waals surface area (Å²) in [6.45, 7) is 0.928. The zero-order valence-corrected chi connectivity index (χ0v) is 12.3. The molecule has 1 heterocycles. The van der Waals surface area contributed by atoms with Crippen LogP contribution in [0.15, 0.2) is 36.4 Å². The predicted molar refractivity (Wildman–Crippen MR) is 82.3 cm³/mol. The normalized spacial score (nSPS) is 22.4.